The average molecular weight is 281 g/mol. The van der Waals surface area contributed by atoms with Crippen molar-refractivity contribution in [1.82, 2.24) is 19.4 Å². The first-order chi connectivity index (χ1) is 7.66. The molecule has 1 aliphatic heterocycles. The fraction of sp³-hybridized carbons (Fsp3) is 0.667. The van der Waals surface area contributed by atoms with E-state index < -0.39 is 10.0 Å². The first-order valence-electron chi connectivity index (χ1n) is 5.39. The van der Waals surface area contributed by atoms with Gasteiger partial charge in [0, 0.05) is 32.7 Å². The number of aryl methyl sites for hydroxylation is 1. The first kappa shape index (κ1) is 14.4. The van der Waals surface area contributed by atoms with Crippen LogP contribution in [-0.2, 0) is 16.6 Å². The Morgan fingerprint density at radius 2 is 2.06 bits per heavy atom. The molecule has 0 spiro atoms. The van der Waals surface area contributed by atoms with Crippen molar-refractivity contribution in [3.63, 3.8) is 0 Å². The zero-order valence-corrected chi connectivity index (χ0v) is 11.3. The zero-order chi connectivity index (χ0) is 11.6. The molecule has 2 heterocycles. The summed E-state index contributed by atoms with van der Waals surface area (Å²) in [5, 5.41) is 7.41. The Hall–Kier alpha value is -0.630. The van der Waals surface area contributed by atoms with E-state index >= 15 is 0 Å². The third kappa shape index (κ3) is 2.79. The van der Waals surface area contributed by atoms with Crippen LogP contribution in [0.5, 0.6) is 0 Å². The van der Waals surface area contributed by atoms with Crippen molar-refractivity contribution < 1.29 is 8.42 Å². The number of aromatic nitrogens is 2. The lowest BCUT2D eigenvalue weighted by atomic mass is 10.4. The highest BCUT2D eigenvalue weighted by Gasteiger charge is 2.28. The van der Waals surface area contributed by atoms with Crippen LogP contribution >= 0.6 is 12.4 Å². The lowest BCUT2D eigenvalue weighted by Gasteiger charge is -2.26. The number of sulfonamides is 1. The predicted molar refractivity (Wildman–Crippen MR) is 66.8 cm³/mol. The van der Waals surface area contributed by atoms with E-state index in [2.05, 4.69) is 10.4 Å². The summed E-state index contributed by atoms with van der Waals surface area (Å²) in [5.41, 5.74) is 0. The number of nitrogens with one attached hydrogen (secondary N) is 1. The van der Waals surface area contributed by atoms with Crippen LogP contribution in [0.2, 0.25) is 0 Å². The number of nitrogens with zero attached hydrogens (tertiary/aromatic N) is 3. The standard InChI is InChI=1S/C9H16N4O2S.ClH/c1-2-13-9(3-4-11-13)16(14,15)12-7-5-10-6-8-12;/h3-4,10H,2,5-8H2,1H3;1H. The Morgan fingerprint density at radius 3 is 2.65 bits per heavy atom. The summed E-state index contributed by atoms with van der Waals surface area (Å²) in [5.74, 6) is 0. The van der Waals surface area contributed by atoms with Crippen LogP contribution in [0, 0.1) is 0 Å². The molecule has 1 fully saturated rings. The highest BCUT2D eigenvalue weighted by Crippen LogP contribution is 2.15. The molecule has 0 aliphatic carbocycles. The quantitative estimate of drug-likeness (QED) is 0.841. The molecule has 0 atom stereocenters. The predicted octanol–water partition coefficient (Wildman–Crippen LogP) is -0.0813. The molecule has 6 nitrogen and oxygen atoms in total. The van der Waals surface area contributed by atoms with E-state index in [1.54, 1.807) is 6.07 Å². The second-order valence-corrected chi connectivity index (χ2v) is 5.52. The van der Waals surface area contributed by atoms with Gasteiger partial charge in [-0.25, -0.2) is 8.42 Å². The minimum absolute atomic E-state index is 0. The molecular weight excluding hydrogens is 264 g/mol. The van der Waals surface area contributed by atoms with Gasteiger partial charge in [-0.1, -0.05) is 0 Å². The van der Waals surface area contributed by atoms with Gasteiger partial charge in [-0.15, -0.1) is 12.4 Å². The third-order valence-electron chi connectivity index (χ3n) is 2.66. The molecule has 98 valence electrons. The minimum Gasteiger partial charge on any atom is -0.314 e. The summed E-state index contributed by atoms with van der Waals surface area (Å²) in [6.07, 6.45) is 1.53. The Balaban J connectivity index is 0.00000144. The number of halogens is 1. The van der Waals surface area contributed by atoms with Crippen LogP contribution in [0.1, 0.15) is 6.92 Å². The molecule has 8 heteroatoms. The van der Waals surface area contributed by atoms with Crippen LogP contribution in [0.25, 0.3) is 0 Å². The molecule has 0 radical (unpaired) electrons. The maximum absolute atomic E-state index is 12.3. The van der Waals surface area contributed by atoms with Gasteiger partial charge in [-0.05, 0) is 13.0 Å². The van der Waals surface area contributed by atoms with Crippen molar-refractivity contribution in [2.24, 2.45) is 0 Å². The average Bonchev–Trinajstić information content (AvgIpc) is 2.79. The molecule has 0 saturated carbocycles. The Morgan fingerprint density at radius 1 is 1.41 bits per heavy atom. The van der Waals surface area contributed by atoms with Gasteiger partial charge in [-0.3, -0.25) is 4.68 Å². The molecule has 1 aromatic heterocycles. The largest absolute Gasteiger partial charge is 0.314 e. The first-order valence-corrected chi connectivity index (χ1v) is 6.83. The van der Waals surface area contributed by atoms with Crippen LogP contribution in [0.4, 0.5) is 0 Å². The second kappa shape index (κ2) is 5.81. The molecule has 17 heavy (non-hydrogen) atoms. The van der Waals surface area contributed by atoms with Gasteiger partial charge in [0.25, 0.3) is 10.0 Å². The molecule has 1 aromatic rings. The summed E-state index contributed by atoms with van der Waals surface area (Å²) in [6, 6.07) is 1.56. The van der Waals surface area contributed by atoms with Crippen molar-refractivity contribution in [1.29, 1.82) is 0 Å². The molecule has 0 aromatic carbocycles. The van der Waals surface area contributed by atoms with E-state index in [9.17, 15) is 8.42 Å². The SMILES string of the molecule is CCn1nccc1S(=O)(=O)N1CCNCC1.Cl. The van der Waals surface area contributed by atoms with Crippen LogP contribution < -0.4 is 5.32 Å². The molecule has 0 amide bonds. The van der Waals surface area contributed by atoms with Gasteiger partial charge in [0.15, 0.2) is 5.03 Å². The van der Waals surface area contributed by atoms with Crippen molar-refractivity contribution in [3.05, 3.63) is 12.3 Å². The molecule has 1 aliphatic rings. The molecule has 2 rings (SSSR count). The third-order valence-corrected chi connectivity index (χ3v) is 4.58. The van der Waals surface area contributed by atoms with Crippen molar-refractivity contribution in [2.75, 3.05) is 26.2 Å². The maximum Gasteiger partial charge on any atom is 0.260 e. The maximum atomic E-state index is 12.3. The fourth-order valence-corrected chi connectivity index (χ4v) is 3.40. The number of hydrogen-bond acceptors (Lipinski definition) is 4. The number of rotatable bonds is 3. The number of hydrogen-bond donors (Lipinski definition) is 1. The molecule has 1 N–H and O–H groups in total. The fourth-order valence-electron chi connectivity index (χ4n) is 1.79. The minimum atomic E-state index is -3.37. The van der Waals surface area contributed by atoms with E-state index in [0.717, 1.165) is 0 Å². The number of piperazine rings is 1. The normalized spacial score (nSPS) is 17.7. The summed E-state index contributed by atoms with van der Waals surface area (Å²) in [7, 11) is -3.37. The molecule has 0 bridgehead atoms. The monoisotopic (exact) mass is 280 g/mol. The van der Waals surface area contributed by atoms with Gasteiger partial charge in [0.05, 0.1) is 6.20 Å². The molecule has 1 saturated heterocycles. The summed E-state index contributed by atoms with van der Waals surface area (Å²) >= 11 is 0. The van der Waals surface area contributed by atoms with E-state index in [-0.39, 0.29) is 17.4 Å². The van der Waals surface area contributed by atoms with Crippen LogP contribution in [0.3, 0.4) is 0 Å². The Labute approximate surface area is 107 Å². The van der Waals surface area contributed by atoms with Gasteiger partial charge < -0.3 is 5.32 Å². The van der Waals surface area contributed by atoms with Crippen LogP contribution in [0.15, 0.2) is 17.3 Å². The van der Waals surface area contributed by atoms with Crippen molar-refractivity contribution >= 4 is 22.4 Å². The Bertz CT molecular complexity index is 453. The van der Waals surface area contributed by atoms with E-state index in [1.807, 2.05) is 6.92 Å². The van der Waals surface area contributed by atoms with E-state index in [1.165, 1.54) is 15.2 Å². The van der Waals surface area contributed by atoms with E-state index in [0.29, 0.717) is 32.7 Å². The van der Waals surface area contributed by atoms with E-state index in [4.69, 9.17) is 0 Å². The lowest BCUT2D eigenvalue weighted by Crippen LogP contribution is -2.46. The van der Waals surface area contributed by atoms with Gasteiger partial charge in [0.2, 0.25) is 0 Å². The Kier molecular flexibility index (Phi) is 4.93. The highest BCUT2D eigenvalue weighted by molar-refractivity contribution is 7.89. The smallest absolute Gasteiger partial charge is 0.260 e. The van der Waals surface area contributed by atoms with Crippen LogP contribution in [-0.4, -0.2) is 48.7 Å². The summed E-state index contributed by atoms with van der Waals surface area (Å²) in [4.78, 5) is 0. The van der Waals surface area contributed by atoms with Gasteiger partial charge >= 0.3 is 0 Å². The van der Waals surface area contributed by atoms with Crippen molar-refractivity contribution in [3.8, 4) is 0 Å². The van der Waals surface area contributed by atoms with Gasteiger partial charge in [0.1, 0.15) is 0 Å². The topological polar surface area (TPSA) is 67.2 Å². The summed E-state index contributed by atoms with van der Waals surface area (Å²) in [6.45, 7) is 4.91. The highest BCUT2D eigenvalue weighted by atomic mass is 35.5. The molecule has 0 unspecified atom stereocenters. The zero-order valence-electron chi connectivity index (χ0n) is 9.66. The lowest BCUT2D eigenvalue weighted by molar-refractivity contribution is 0.356. The molecular formula is C9H17ClN4O2S. The second-order valence-electron chi connectivity index (χ2n) is 3.64. The van der Waals surface area contributed by atoms with Gasteiger partial charge in [-0.2, -0.15) is 9.40 Å². The van der Waals surface area contributed by atoms with Crippen molar-refractivity contribution in [2.45, 2.75) is 18.5 Å². The summed E-state index contributed by atoms with van der Waals surface area (Å²) < 4.78 is 27.5.